The molecule has 0 aliphatic carbocycles. The zero-order chi connectivity index (χ0) is 10.1. The number of rotatable bonds is 6. The number of halogens is 1. The second-order valence-electron chi connectivity index (χ2n) is 2.38. The van der Waals surface area contributed by atoms with Crippen molar-refractivity contribution < 1.29 is 14.3 Å². The van der Waals surface area contributed by atoms with Gasteiger partial charge >= 0.3 is 5.97 Å². The van der Waals surface area contributed by atoms with E-state index in [1.165, 1.54) is 7.11 Å². The lowest BCUT2D eigenvalue weighted by atomic mass is 10.3. The molecule has 0 N–H and O–H groups in total. The predicted octanol–water partition coefficient (Wildman–Crippen LogP) is 2.10. The molecule has 0 aromatic rings. The summed E-state index contributed by atoms with van der Waals surface area (Å²) >= 11 is 5.52. The summed E-state index contributed by atoms with van der Waals surface area (Å²) in [5, 5.41) is 0. The van der Waals surface area contributed by atoms with Crippen LogP contribution in [0.15, 0.2) is 12.2 Å². The molecule has 0 aromatic heterocycles. The van der Waals surface area contributed by atoms with Crippen LogP contribution in [0.5, 0.6) is 0 Å². The number of esters is 1. The molecular formula is C9H15ClO3. The third-order valence-electron chi connectivity index (χ3n) is 1.34. The molecule has 1 unspecified atom stereocenters. The molecule has 0 saturated heterocycles. The third-order valence-corrected chi connectivity index (χ3v) is 1.64. The van der Waals surface area contributed by atoms with Crippen LogP contribution in [0.1, 0.15) is 19.8 Å². The smallest absolute Gasteiger partial charge is 0.350 e. The topological polar surface area (TPSA) is 35.5 Å². The van der Waals surface area contributed by atoms with Crippen molar-refractivity contribution in [1.82, 2.24) is 0 Å². The van der Waals surface area contributed by atoms with Gasteiger partial charge in [0.15, 0.2) is 0 Å². The fourth-order valence-corrected chi connectivity index (χ4v) is 0.863. The van der Waals surface area contributed by atoms with E-state index in [9.17, 15) is 4.79 Å². The molecule has 0 fully saturated rings. The van der Waals surface area contributed by atoms with Crippen molar-refractivity contribution in [2.75, 3.05) is 13.7 Å². The lowest BCUT2D eigenvalue weighted by molar-refractivity contribution is -0.148. The van der Waals surface area contributed by atoms with Crippen molar-refractivity contribution in [3.63, 3.8) is 0 Å². The first kappa shape index (κ1) is 12.5. The normalized spacial score (nSPS) is 13.2. The highest BCUT2D eigenvalue weighted by molar-refractivity contribution is 6.28. The van der Waals surface area contributed by atoms with Crippen molar-refractivity contribution in [1.29, 1.82) is 0 Å². The zero-order valence-corrected chi connectivity index (χ0v) is 8.71. The van der Waals surface area contributed by atoms with Gasteiger partial charge < -0.3 is 9.47 Å². The molecule has 0 aliphatic rings. The zero-order valence-electron chi connectivity index (χ0n) is 7.96. The average Bonchev–Trinajstić information content (AvgIpc) is 2.16. The first-order chi connectivity index (χ1) is 6.22. The molecule has 3 nitrogen and oxygen atoms in total. The number of alkyl halides is 1. The van der Waals surface area contributed by atoms with Crippen molar-refractivity contribution in [2.45, 2.75) is 25.3 Å². The molecule has 0 spiro atoms. The Hall–Kier alpha value is -0.540. The fraction of sp³-hybridized carbons (Fsp3) is 0.667. The average molecular weight is 207 g/mol. The number of hydrogen-bond donors (Lipinski definition) is 0. The van der Waals surface area contributed by atoms with E-state index in [0.717, 1.165) is 12.8 Å². The second kappa shape index (κ2) is 8.08. The highest BCUT2D eigenvalue weighted by Gasteiger charge is 2.14. The van der Waals surface area contributed by atoms with Crippen LogP contribution in [0.4, 0.5) is 0 Å². The summed E-state index contributed by atoms with van der Waals surface area (Å²) in [5.74, 6) is -0.555. The summed E-state index contributed by atoms with van der Waals surface area (Å²) in [5.41, 5.74) is -0.986. The Morgan fingerprint density at radius 2 is 2.23 bits per heavy atom. The second-order valence-corrected chi connectivity index (χ2v) is 2.77. The maximum Gasteiger partial charge on any atom is 0.350 e. The SMILES string of the molecule is CC/C=C\CCOC(Cl)C(=O)OC. The van der Waals surface area contributed by atoms with E-state index in [2.05, 4.69) is 11.7 Å². The Labute approximate surface area is 83.7 Å². The van der Waals surface area contributed by atoms with Crippen LogP contribution >= 0.6 is 11.6 Å². The van der Waals surface area contributed by atoms with E-state index in [1.54, 1.807) is 0 Å². The van der Waals surface area contributed by atoms with Gasteiger partial charge in [0.2, 0.25) is 5.56 Å². The minimum Gasteiger partial charge on any atom is -0.466 e. The Kier molecular flexibility index (Phi) is 7.74. The summed E-state index contributed by atoms with van der Waals surface area (Å²) in [4.78, 5) is 10.7. The van der Waals surface area contributed by atoms with Crippen LogP contribution in [0.2, 0.25) is 0 Å². The van der Waals surface area contributed by atoms with Gasteiger partial charge in [-0.05, 0) is 12.8 Å². The molecule has 0 saturated carbocycles. The van der Waals surface area contributed by atoms with Crippen LogP contribution in [-0.4, -0.2) is 25.2 Å². The molecule has 0 aliphatic heterocycles. The fourth-order valence-electron chi connectivity index (χ4n) is 0.685. The maximum atomic E-state index is 10.7. The first-order valence-corrected chi connectivity index (χ1v) is 4.64. The lowest BCUT2D eigenvalue weighted by Crippen LogP contribution is -2.19. The molecule has 0 bridgehead atoms. The van der Waals surface area contributed by atoms with Crippen molar-refractivity contribution in [2.24, 2.45) is 0 Å². The van der Waals surface area contributed by atoms with E-state index in [1.807, 2.05) is 12.2 Å². The van der Waals surface area contributed by atoms with Gasteiger partial charge in [0.25, 0.3) is 0 Å². The quantitative estimate of drug-likeness (QED) is 0.289. The molecule has 0 rings (SSSR count). The van der Waals surface area contributed by atoms with Crippen LogP contribution < -0.4 is 0 Å². The summed E-state index contributed by atoms with van der Waals surface area (Å²) in [6.45, 7) is 2.48. The van der Waals surface area contributed by atoms with Crippen LogP contribution in [-0.2, 0) is 14.3 Å². The van der Waals surface area contributed by atoms with E-state index >= 15 is 0 Å². The Bertz CT molecular complexity index is 168. The molecule has 76 valence electrons. The monoisotopic (exact) mass is 206 g/mol. The third kappa shape index (κ3) is 6.61. The van der Waals surface area contributed by atoms with Crippen molar-refractivity contribution in [3.8, 4) is 0 Å². The number of hydrogen-bond acceptors (Lipinski definition) is 3. The van der Waals surface area contributed by atoms with Gasteiger partial charge in [0.05, 0.1) is 13.7 Å². The van der Waals surface area contributed by atoms with Gasteiger partial charge in [0.1, 0.15) is 0 Å². The van der Waals surface area contributed by atoms with Crippen molar-refractivity contribution >= 4 is 17.6 Å². The predicted molar refractivity (Wildman–Crippen MR) is 51.7 cm³/mol. The number of carbonyl (C=O) groups excluding carboxylic acids is 1. The lowest BCUT2D eigenvalue weighted by Gasteiger charge is -2.06. The number of methoxy groups -OCH3 is 1. The summed E-state index contributed by atoms with van der Waals surface area (Å²) in [7, 11) is 1.28. The van der Waals surface area contributed by atoms with Gasteiger partial charge in [-0.1, -0.05) is 30.7 Å². The molecule has 0 radical (unpaired) electrons. The highest BCUT2D eigenvalue weighted by atomic mass is 35.5. The Balaban J connectivity index is 3.42. The minimum absolute atomic E-state index is 0.430. The van der Waals surface area contributed by atoms with E-state index in [-0.39, 0.29) is 0 Å². The van der Waals surface area contributed by atoms with Crippen LogP contribution in [0.25, 0.3) is 0 Å². The van der Waals surface area contributed by atoms with Crippen LogP contribution in [0, 0.1) is 0 Å². The van der Waals surface area contributed by atoms with Crippen LogP contribution in [0.3, 0.4) is 0 Å². The molecular weight excluding hydrogens is 192 g/mol. The summed E-state index contributed by atoms with van der Waals surface area (Å²) in [6.07, 6.45) is 5.78. The van der Waals surface area contributed by atoms with Crippen molar-refractivity contribution in [3.05, 3.63) is 12.2 Å². The first-order valence-electron chi connectivity index (χ1n) is 4.20. The summed E-state index contributed by atoms with van der Waals surface area (Å²) < 4.78 is 9.36. The minimum atomic E-state index is -0.986. The van der Waals surface area contributed by atoms with Gasteiger partial charge in [-0.3, -0.25) is 0 Å². The van der Waals surface area contributed by atoms with E-state index in [0.29, 0.717) is 6.61 Å². The number of carbonyl (C=O) groups is 1. The Morgan fingerprint density at radius 3 is 2.77 bits per heavy atom. The molecule has 0 amide bonds. The van der Waals surface area contributed by atoms with Gasteiger partial charge in [-0.15, -0.1) is 0 Å². The molecule has 4 heteroatoms. The number of allylic oxidation sites excluding steroid dienone is 1. The molecule has 0 heterocycles. The van der Waals surface area contributed by atoms with Gasteiger partial charge in [-0.25, -0.2) is 4.79 Å². The molecule has 13 heavy (non-hydrogen) atoms. The van der Waals surface area contributed by atoms with Gasteiger partial charge in [0, 0.05) is 0 Å². The van der Waals surface area contributed by atoms with Gasteiger partial charge in [-0.2, -0.15) is 0 Å². The van der Waals surface area contributed by atoms with E-state index in [4.69, 9.17) is 16.3 Å². The molecule has 0 aromatic carbocycles. The highest BCUT2D eigenvalue weighted by Crippen LogP contribution is 2.01. The standard InChI is InChI=1S/C9H15ClO3/c1-3-4-5-6-7-13-8(10)9(11)12-2/h4-5,8H,3,6-7H2,1-2H3/b5-4-. The molecule has 1 atom stereocenters. The maximum absolute atomic E-state index is 10.7. The largest absolute Gasteiger partial charge is 0.466 e. The number of ether oxygens (including phenoxy) is 2. The summed E-state index contributed by atoms with van der Waals surface area (Å²) in [6, 6.07) is 0. The van der Waals surface area contributed by atoms with E-state index < -0.39 is 11.5 Å². The Morgan fingerprint density at radius 1 is 1.54 bits per heavy atom.